The molecule has 1 atom stereocenters. The van der Waals surface area contributed by atoms with Crippen molar-refractivity contribution in [3.05, 3.63) is 65.2 Å². The molecule has 2 aromatic carbocycles. The van der Waals surface area contributed by atoms with Crippen molar-refractivity contribution in [1.82, 2.24) is 0 Å². The molecule has 0 bridgehead atoms. The van der Waals surface area contributed by atoms with Crippen molar-refractivity contribution in [2.75, 3.05) is 5.32 Å². The number of rotatable bonds is 3. The average Bonchev–Trinajstić information content (AvgIpc) is 2.39. The van der Waals surface area contributed by atoms with Crippen molar-refractivity contribution < 1.29 is 4.79 Å². The van der Waals surface area contributed by atoms with E-state index in [9.17, 15) is 4.79 Å². The Labute approximate surface area is 113 Å². The summed E-state index contributed by atoms with van der Waals surface area (Å²) in [5.74, 6) is -0.0911. The fraction of sp³-hybridized carbons (Fsp3) is 0.188. The molecule has 3 N–H and O–H groups in total. The molecule has 0 radical (unpaired) electrons. The van der Waals surface area contributed by atoms with Gasteiger partial charge in [0, 0.05) is 17.3 Å². The smallest absolute Gasteiger partial charge is 0.255 e. The Balaban J connectivity index is 2.13. The highest BCUT2D eigenvalue weighted by molar-refractivity contribution is 6.05. The molecule has 0 aliphatic heterocycles. The summed E-state index contributed by atoms with van der Waals surface area (Å²) in [5, 5.41) is 2.89. The predicted molar refractivity (Wildman–Crippen MR) is 78.2 cm³/mol. The second-order valence-corrected chi connectivity index (χ2v) is 4.68. The van der Waals surface area contributed by atoms with Crippen molar-refractivity contribution in [2.24, 2.45) is 5.73 Å². The number of carbonyl (C=O) groups is 1. The molecule has 0 aliphatic rings. The fourth-order valence-corrected chi connectivity index (χ4v) is 1.90. The lowest BCUT2D eigenvalue weighted by molar-refractivity contribution is 0.102. The van der Waals surface area contributed by atoms with Gasteiger partial charge in [-0.3, -0.25) is 4.79 Å². The van der Waals surface area contributed by atoms with Gasteiger partial charge in [-0.1, -0.05) is 30.3 Å². The molecule has 98 valence electrons. The van der Waals surface area contributed by atoms with Crippen molar-refractivity contribution in [1.29, 1.82) is 0 Å². The normalized spacial score (nSPS) is 11.9. The summed E-state index contributed by atoms with van der Waals surface area (Å²) in [6, 6.07) is 15.1. The predicted octanol–water partition coefficient (Wildman–Crippen LogP) is 3.27. The monoisotopic (exact) mass is 254 g/mol. The second kappa shape index (κ2) is 5.67. The van der Waals surface area contributed by atoms with Crippen LogP contribution in [0.1, 0.15) is 34.5 Å². The quantitative estimate of drug-likeness (QED) is 0.883. The first kappa shape index (κ1) is 13.3. The van der Waals surface area contributed by atoms with Gasteiger partial charge in [-0.25, -0.2) is 0 Å². The van der Waals surface area contributed by atoms with Crippen LogP contribution in [0.3, 0.4) is 0 Å². The number of nitrogens with two attached hydrogens (primary N) is 1. The molecule has 0 aliphatic carbocycles. The minimum absolute atomic E-state index is 0.00104. The van der Waals surface area contributed by atoms with Gasteiger partial charge in [0.05, 0.1) is 0 Å². The van der Waals surface area contributed by atoms with Gasteiger partial charge in [0.1, 0.15) is 0 Å². The number of amides is 1. The molecule has 3 heteroatoms. The second-order valence-electron chi connectivity index (χ2n) is 4.68. The molecule has 19 heavy (non-hydrogen) atoms. The zero-order valence-corrected chi connectivity index (χ0v) is 11.2. The zero-order valence-electron chi connectivity index (χ0n) is 11.2. The Morgan fingerprint density at radius 2 is 1.74 bits per heavy atom. The Hall–Kier alpha value is -2.13. The Morgan fingerprint density at radius 1 is 1.11 bits per heavy atom. The van der Waals surface area contributed by atoms with E-state index in [0.717, 1.165) is 16.8 Å². The minimum Gasteiger partial charge on any atom is -0.324 e. The fourth-order valence-electron chi connectivity index (χ4n) is 1.90. The maximum Gasteiger partial charge on any atom is 0.255 e. The van der Waals surface area contributed by atoms with Crippen LogP contribution in [-0.4, -0.2) is 5.91 Å². The van der Waals surface area contributed by atoms with Gasteiger partial charge >= 0.3 is 0 Å². The summed E-state index contributed by atoms with van der Waals surface area (Å²) in [6.07, 6.45) is 0. The van der Waals surface area contributed by atoms with Crippen molar-refractivity contribution in [2.45, 2.75) is 19.9 Å². The van der Waals surface area contributed by atoms with Crippen LogP contribution in [-0.2, 0) is 0 Å². The summed E-state index contributed by atoms with van der Waals surface area (Å²) >= 11 is 0. The van der Waals surface area contributed by atoms with Crippen LogP contribution < -0.4 is 11.1 Å². The first-order valence-corrected chi connectivity index (χ1v) is 6.30. The molecule has 1 amide bonds. The first-order valence-electron chi connectivity index (χ1n) is 6.30. The Morgan fingerprint density at radius 3 is 2.32 bits per heavy atom. The SMILES string of the molecule is Cc1ccccc1C(=O)Nc1ccc(C(C)N)cc1. The van der Waals surface area contributed by atoms with E-state index < -0.39 is 0 Å². The topological polar surface area (TPSA) is 55.1 Å². The zero-order chi connectivity index (χ0) is 13.8. The van der Waals surface area contributed by atoms with Gasteiger partial charge in [0.2, 0.25) is 0 Å². The maximum absolute atomic E-state index is 12.1. The van der Waals surface area contributed by atoms with Crippen LogP contribution >= 0.6 is 0 Å². The minimum atomic E-state index is -0.0911. The van der Waals surface area contributed by atoms with E-state index in [4.69, 9.17) is 5.73 Å². The molecule has 2 rings (SSSR count). The van der Waals surface area contributed by atoms with Crippen LogP contribution in [0.25, 0.3) is 0 Å². The molecule has 0 saturated heterocycles. The van der Waals surface area contributed by atoms with Crippen LogP contribution in [0.15, 0.2) is 48.5 Å². The van der Waals surface area contributed by atoms with E-state index in [-0.39, 0.29) is 11.9 Å². The van der Waals surface area contributed by atoms with Crippen molar-refractivity contribution in [3.63, 3.8) is 0 Å². The largest absolute Gasteiger partial charge is 0.324 e. The summed E-state index contributed by atoms with van der Waals surface area (Å²) < 4.78 is 0. The molecule has 0 spiro atoms. The van der Waals surface area contributed by atoms with E-state index in [1.165, 1.54) is 0 Å². The number of hydrogen-bond acceptors (Lipinski definition) is 2. The summed E-state index contributed by atoms with van der Waals surface area (Å²) in [4.78, 5) is 12.1. The van der Waals surface area contributed by atoms with E-state index >= 15 is 0 Å². The lowest BCUT2D eigenvalue weighted by Crippen LogP contribution is -2.13. The van der Waals surface area contributed by atoms with Gasteiger partial charge in [0.25, 0.3) is 5.91 Å². The molecule has 2 aromatic rings. The number of nitrogens with one attached hydrogen (secondary N) is 1. The van der Waals surface area contributed by atoms with E-state index in [1.54, 1.807) is 0 Å². The summed E-state index contributed by atoms with van der Waals surface area (Å²) in [7, 11) is 0. The molecule has 0 heterocycles. The number of benzene rings is 2. The van der Waals surface area contributed by atoms with Crippen molar-refractivity contribution in [3.8, 4) is 0 Å². The van der Waals surface area contributed by atoms with Gasteiger partial charge in [-0.15, -0.1) is 0 Å². The third-order valence-electron chi connectivity index (χ3n) is 3.08. The van der Waals surface area contributed by atoms with Gasteiger partial charge in [-0.2, -0.15) is 0 Å². The van der Waals surface area contributed by atoms with Crippen LogP contribution in [0, 0.1) is 6.92 Å². The highest BCUT2D eigenvalue weighted by Crippen LogP contribution is 2.16. The molecular weight excluding hydrogens is 236 g/mol. The lowest BCUT2D eigenvalue weighted by Gasteiger charge is -2.09. The lowest BCUT2D eigenvalue weighted by atomic mass is 10.1. The molecule has 0 saturated carbocycles. The van der Waals surface area contributed by atoms with Gasteiger partial charge < -0.3 is 11.1 Å². The van der Waals surface area contributed by atoms with E-state index in [2.05, 4.69) is 5.32 Å². The Kier molecular flexibility index (Phi) is 3.97. The third kappa shape index (κ3) is 3.20. The molecular formula is C16H18N2O. The van der Waals surface area contributed by atoms with Crippen LogP contribution in [0.2, 0.25) is 0 Å². The van der Waals surface area contributed by atoms with Crippen molar-refractivity contribution >= 4 is 11.6 Å². The third-order valence-corrected chi connectivity index (χ3v) is 3.08. The first-order chi connectivity index (χ1) is 9.08. The highest BCUT2D eigenvalue weighted by atomic mass is 16.1. The maximum atomic E-state index is 12.1. The molecule has 1 unspecified atom stereocenters. The molecule has 0 fully saturated rings. The van der Waals surface area contributed by atoms with Gasteiger partial charge in [0.15, 0.2) is 0 Å². The number of anilines is 1. The highest BCUT2D eigenvalue weighted by Gasteiger charge is 2.08. The van der Waals surface area contributed by atoms with Crippen LogP contribution in [0.5, 0.6) is 0 Å². The van der Waals surface area contributed by atoms with E-state index in [1.807, 2.05) is 62.4 Å². The summed E-state index contributed by atoms with van der Waals surface area (Å²) in [6.45, 7) is 3.86. The molecule has 0 aromatic heterocycles. The number of hydrogen-bond donors (Lipinski definition) is 2. The Bertz CT molecular complexity index is 574. The summed E-state index contributed by atoms with van der Waals surface area (Å²) in [5.41, 5.74) is 9.27. The van der Waals surface area contributed by atoms with E-state index in [0.29, 0.717) is 5.56 Å². The van der Waals surface area contributed by atoms with Gasteiger partial charge in [-0.05, 0) is 43.2 Å². The van der Waals surface area contributed by atoms with Crippen LogP contribution in [0.4, 0.5) is 5.69 Å². The molecule has 3 nitrogen and oxygen atoms in total. The average molecular weight is 254 g/mol. The standard InChI is InChI=1S/C16H18N2O/c1-11-5-3-4-6-15(11)16(19)18-14-9-7-13(8-10-14)12(2)17/h3-10,12H,17H2,1-2H3,(H,18,19). The number of aryl methyl sites for hydroxylation is 1. The number of carbonyl (C=O) groups excluding carboxylic acids is 1.